The van der Waals surface area contributed by atoms with Crippen LogP contribution in [0.25, 0.3) is 0 Å². The Bertz CT molecular complexity index is 362. The van der Waals surface area contributed by atoms with Gasteiger partial charge < -0.3 is 10.0 Å². The number of aliphatic hydroxyl groups is 1. The Hall–Kier alpha value is -0.610. The predicted molar refractivity (Wildman–Crippen MR) is 85.1 cm³/mol. The number of piperidine rings is 1. The van der Waals surface area contributed by atoms with Gasteiger partial charge in [-0.3, -0.25) is 9.69 Å². The van der Waals surface area contributed by atoms with Gasteiger partial charge in [-0.05, 0) is 47.0 Å². The van der Waals surface area contributed by atoms with E-state index >= 15 is 0 Å². The predicted octanol–water partition coefficient (Wildman–Crippen LogP) is 2.26. The molecule has 1 aliphatic carbocycles. The molecule has 0 bridgehead atoms. The monoisotopic (exact) mass is 296 g/mol. The molecule has 4 nitrogen and oxygen atoms in total. The van der Waals surface area contributed by atoms with Gasteiger partial charge in [-0.25, -0.2) is 0 Å². The molecule has 4 heteroatoms. The molecular formula is C17H32N2O2. The fourth-order valence-corrected chi connectivity index (χ4v) is 4.23. The Balaban J connectivity index is 1.93. The summed E-state index contributed by atoms with van der Waals surface area (Å²) in [7, 11) is 0. The molecule has 1 aliphatic heterocycles. The summed E-state index contributed by atoms with van der Waals surface area (Å²) < 4.78 is 0. The van der Waals surface area contributed by atoms with Gasteiger partial charge in [0.05, 0.1) is 12.1 Å². The molecule has 2 atom stereocenters. The Labute approximate surface area is 129 Å². The molecule has 0 radical (unpaired) electrons. The molecule has 2 unspecified atom stereocenters. The van der Waals surface area contributed by atoms with Crippen molar-refractivity contribution in [1.29, 1.82) is 0 Å². The van der Waals surface area contributed by atoms with E-state index in [1.165, 1.54) is 6.42 Å². The molecule has 1 amide bonds. The van der Waals surface area contributed by atoms with Crippen molar-refractivity contribution in [1.82, 2.24) is 9.80 Å². The quantitative estimate of drug-likeness (QED) is 0.865. The molecule has 1 heterocycles. The van der Waals surface area contributed by atoms with Gasteiger partial charge in [0.1, 0.15) is 0 Å². The second-order valence-electron chi connectivity index (χ2n) is 7.52. The third kappa shape index (κ3) is 3.78. The maximum atomic E-state index is 12.6. The van der Waals surface area contributed by atoms with Crippen LogP contribution in [0.4, 0.5) is 0 Å². The lowest BCUT2D eigenvalue weighted by Gasteiger charge is -2.47. The lowest BCUT2D eigenvalue weighted by molar-refractivity contribution is -0.140. The zero-order valence-corrected chi connectivity index (χ0v) is 14.1. The maximum Gasteiger partial charge on any atom is 0.237 e. The highest BCUT2D eigenvalue weighted by Crippen LogP contribution is 2.39. The minimum absolute atomic E-state index is 0.223. The van der Waals surface area contributed by atoms with Crippen LogP contribution in [0.1, 0.15) is 59.8 Å². The van der Waals surface area contributed by atoms with E-state index in [9.17, 15) is 9.90 Å². The third-order valence-electron chi connectivity index (χ3n) is 5.27. The van der Waals surface area contributed by atoms with Crippen molar-refractivity contribution < 1.29 is 9.90 Å². The number of carbonyl (C=O) groups is 1. The third-order valence-corrected chi connectivity index (χ3v) is 5.27. The lowest BCUT2D eigenvalue weighted by Crippen LogP contribution is -2.56. The van der Waals surface area contributed by atoms with Crippen LogP contribution in [0, 0.1) is 5.92 Å². The molecule has 1 saturated heterocycles. The van der Waals surface area contributed by atoms with Crippen molar-refractivity contribution >= 4 is 5.91 Å². The molecule has 2 fully saturated rings. The normalized spacial score (nSPS) is 30.5. The second kappa shape index (κ2) is 6.66. The van der Waals surface area contributed by atoms with Crippen molar-refractivity contribution in [2.24, 2.45) is 5.92 Å². The summed E-state index contributed by atoms with van der Waals surface area (Å²) in [5.41, 5.74) is -0.451. The first-order chi connectivity index (χ1) is 9.83. The smallest absolute Gasteiger partial charge is 0.237 e. The Morgan fingerprint density at radius 2 is 1.90 bits per heavy atom. The van der Waals surface area contributed by atoms with Crippen LogP contribution in [-0.2, 0) is 4.79 Å². The number of rotatable bonds is 4. The Morgan fingerprint density at radius 1 is 1.24 bits per heavy atom. The van der Waals surface area contributed by atoms with Crippen LogP contribution in [0.3, 0.4) is 0 Å². The lowest BCUT2D eigenvalue weighted by atomic mass is 9.71. The van der Waals surface area contributed by atoms with E-state index in [0.717, 1.165) is 38.8 Å². The van der Waals surface area contributed by atoms with Crippen LogP contribution < -0.4 is 0 Å². The van der Waals surface area contributed by atoms with Gasteiger partial charge in [0, 0.05) is 31.1 Å². The van der Waals surface area contributed by atoms with Crippen LogP contribution in [0.2, 0.25) is 0 Å². The highest BCUT2D eigenvalue weighted by molar-refractivity contribution is 5.78. The van der Waals surface area contributed by atoms with Gasteiger partial charge >= 0.3 is 0 Å². The first-order valence-corrected chi connectivity index (χ1v) is 8.59. The number of likely N-dealkylation sites (tertiary alicyclic amines) is 1. The molecule has 2 aliphatic rings. The molecule has 0 aromatic carbocycles. The number of fused-ring (bicyclic) bond motifs is 1. The van der Waals surface area contributed by atoms with Gasteiger partial charge in [-0.1, -0.05) is 12.8 Å². The van der Waals surface area contributed by atoms with E-state index in [2.05, 4.69) is 32.6 Å². The average Bonchev–Trinajstić information content (AvgIpc) is 2.38. The number of carbonyl (C=O) groups excluding carboxylic acids is 1. The van der Waals surface area contributed by atoms with Gasteiger partial charge in [0.15, 0.2) is 0 Å². The number of amides is 1. The summed E-state index contributed by atoms with van der Waals surface area (Å²) in [6, 6.07) is 0.489. The van der Waals surface area contributed by atoms with Crippen molar-refractivity contribution in [3.8, 4) is 0 Å². The highest BCUT2D eigenvalue weighted by Gasteiger charge is 2.43. The van der Waals surface area contributed by atoms with Crippen molar-refractivity contribution in [3.63, 3.8) is 0 Å². The SMILES string of the molecule is CC(C)N(C(=O)CN1CCC2(O)CCCCC2C1)C(C)C. The Kier molecular flexibility index (Phi) is 5.31. The van der Waals surface area contributed by atoms with E-state index in [4.69, 9.17) is 0 Å². The maximum absolute atomic E-state index is 12.6. The van der Waals surface area contributed by atoms with Crippen LogP contribution in [-0.4, -0.2) is 58.1 Å². The molecule has 2 rings (SSSR count). The summed E-state index contributed by atoms with van der Waals surface area (Å²) >= 11 is 0. The van der Waals surface area contributed by atoms with E-state index < -0.39 is 5.60 Å². The van der Waals surface area contributed by atoms with Crippen LogP contribution in [0.15, 0.2) is 0 Å². The molecule has 21 heavy (non-hydrogen) atoms. The van der Waals surface area contributed by atoms with Crippen molar-refractivity contribution in [2.45, 2.75) is 77.5 Å². The topological polar surface area (TPSA) is 43.8 Å². The van der Waals surface area contributed by atoms with E-state index in [-0.39, 0.29) is 18.0 Å². The summed E-state index contributed by atoms with van der Waals surface area (Å²) in [5, 5.41) is 10.7. The molecule has 0 aromatic heterocycles. The number of hydrogen-bond donors (Lipinski definition) is 1. The summed E-state index contributed by atoms with van der Waals surface area (Å²) in [6.07, 6.45) is 5.26. The summed E-state index contributed by atoms with van der Waals surface area (Å²) in [4.78, 5) is 16.8. The standard InChI is InChI=1S/C17H32N2O2/c1-13(2)19(14(3)4)16(20)12-18-10-9-17(21)8-6-5-7-15(17)11-18/h13-15,21H,5-12H2,1-4H3. The molecule has 1 N–H and O–H groups in total. The van der Waals surface area contributed by atoms with Gasteiger partial charge in [0.2, 0.25) is 5.91 Å². The van der Waals surface area contributed by atoms with E-state index in [0.29, 0.717) is 12.5 Å². The highest BCUT2D eigenvalue weighted by atomic mass is 16.3. The molecule has 1 saturated carbocycles. The average molecular weight is 296 g/mol. The molecular weight excluding hydrogens is 264 g/mol. The Morgan fingerprint density at radius 3 is 2.52 bits per heavy atom. The zero-order chi connectivity index (χ0) is 15.6. The fraction of sp³-hybridized carbons (Fsp3) is 0.941. The minimum atomic E-state index is -0.451. The molecule has 122 valence electrons. The van der Waals surface area contributed by atoms with E-state index in [1.54, 1.807) is 0 Å². The van der Waals surface area contributed by atoms with Gasteiger partial charge in [-0.2, -0.15) is 0 Å². The van der Waals surface area contributed by atoms with Crippen LogP contribution >= 0.6 is 0 Å². The van der Waals surface area contributed by atoms with Crippen molar-refractivity contribution in [3.05, 3.63) is 0 Å². The first kappa shape index (κ1) is 16.8. The number of nitrogens with zero attached hydrogens (tertiary/aromatic N) is 2. The summed E-state index contributed by atoms with van der Waals surface area (Å²) in [6.45, 7) is 10.5. The van der Waals surface area contributed by atoms with Gasteiger partial charge in [-0.15, -0.1) is 0 Å². The van der Waals surface area contributed by atoms with E-state index in [1.807, 2.05) is 4.90 Å². The minimum Gasteiger partial charge on any atom is -0.390 e. The van der Waals surface area contributed by atoms with Crippen LogP contribution in [0.5, 0.6) is 0 Å². The fourth-order valence-electron chi connectivity index (χ4n) is 4.23. The van der Waals surface area contributed by atoms with Crippen molar-refractivity contribution in [2.75, 3.05) is 19.6 Å². The zero-order valence-electron chi connectivity index (χ0n) is 14.1. The van der Waals surface area contributed by atoms with Gasteiger partial charge in [0.25, 0.3) is 0 Å². The number of hydrogen-bond acceptors (Lipinski definition) is 3. The first-order valence-electron chi connectivity index (χ1n) is 8.59. The molecule has 0 spiro atoms. The second-order valence-corrected chi connectivity index (χ2v) is 7.52. The summed E-state index contributed by atoms with van der Waals surface area (Å²) in [5.74, 6) is 0.584. The largest absolute Gasteiger partial charge is 0.390 e. The molecule has 0 aromatic rings.